The highest BCUT2D eigenvalue weighted by molar-refractivity contribution is 5.75. The molecule has 2 aromatic rings. The molecule has 0 fully saturated rings. The molecule has 1 aromatic carbocycles. The van der Waals surface area contributed by atoms with Gasteiger partial charge in [-0.2, -0.15) is 0 Å². The standard InChI is InChI=1S/C15H19N5O2/c1-9(14-19-16-8-20(14)2)17-15(22)18-13-11-6-4-3-5-10(11)7-12(13)21/h3-6,8-9,12-13,21H,7H2,1-2H3,(H2,17,18,22)/t9?,12-,13+/m0/s1. The number of fused-ring (bicyclic) bond motifs is 1. The Morgan fingerprint density at radius 1 is 1.45 bits per heavy atom. The minimum Gasteiger partial charge on any atom is -0.390 e. The van der Waals surface area contributed by atoms with Crippen molar-refractivity contribution < 1.29 is 9.90 Å². The van der Waals surface area contributed by atoms with Gasteiger partial charge in [-0.1, -0.05) is 24.3 Å². The van der Waals surface area contributed by atoms with E-state index in [1.165, 1.54) is 0 Å². The van der Waals surface area contributed by atoms with E-state index in [1.54, 1.807) is 10.9 Å². The number of carbonyl (C=O) groups excluding carboxylic acids is 1. The SMILES string of the molecule is CC(NC(=O)N[C@@H]1c2ccccc2C[C@@H]1O)c1nncn1C. The fourth-order valence-electron chi connectivity index (χ4n) is 2.88. The van der Waals surface area contributed by atoms with Gasteiger partial charge in [-0.25, -0.2) is 4.79 Å². The molecule has 1 heterocycles. The van der Waals surface area contributed by atoms with E-state index in [-0.39, 0.29) is 18.1 Å². The topological polar surface area (TPSA) is 92.1 Å². The van der Waals surface area contributed by atoms with E-state index in [1.807, 2.05) is 38.2 Å². The number of aliphatic hydroxyl groups excluding tert-OH is 1. The molecule has 0 saturated heterocycles. The normalized spacial score (nSPS) is 21.2. The van der Waals surface area contributed by atoms with Crippen LogP contribution in [0.15, 0.2) is 30.6 Å². The van der Waals surface area contributed by atoms with Gasteiger partial charge in [-0.05, 0) is 18.1 Å². The lowest BCUT2D eigenvalue weighted by Gasteiger charge is -2.20. The molecule has 22 heavy (non-hydrogen) atoms. The average Bonchev–Trinajstić information content (AvgIpc) is 3.03. The van der Waals surface area contributed by atoms with E-state index in [2.05, 4.69) is 20.8 Å². The van der Waals surface area contributed by atoms with E-state index < -0.39 is 6.10 Å². The van der Waals surface area contributed by atoms with Crippen LogP contribution in [-0.2, 0) is 13.5 Å². The van der Waals surface area contributed by atoms with Crippen molar-refractivity contribution in [2.45, 2.75) is 31.5 Å². The van der Waals surface area contributed by atoms with Crippen LogP contribution in [0.4, 0.5) is 4.79 Å². The van der Waals surface area contributed by atoms with Crippen molar-refractivity contribution >= 4 is 6.03 Å². The van der Waals surface area contributed by atoms with Gasteiger partial charge in [-0.15, -0.1) is 10.2 Å². The second kappa shape index (κ2) is 5.76. The fourth-order valence-corrected chi connectivity index (χ4v) is 2.88. The number of hydrogen-bond acceptors (Lipinski definition) is 4. The third-order valence-corrected chi connectivity index (χ3v) is 3.97. The van der Waals surface area contributed by atoms with Gasteiger partial charge in [0, 0.05) is 13.5 Å². The predicted molar refractivity (Wildman–Crippen MR) is 80.0 cm³/mol. The maximum atomic E-state index is 12.2. The Bertz CT molecular complexity index is 684. The van der Waals surface area contributed by atoms with Crippen LogP contribution in [0, 0.1) is 0 Å². The van der Waals surface area contributed by atoms with Gasteiger partial charge in [0.15, 0.2) is 5.82 Å². The Balaban J connectivity index is 1.66. The zero-order valence-electron chi connectivity index (χ0n) is 12.5. The number of benzene rings is 1. The van der Waals surface area contributed by atoms with Crippen molar-refractivity contribution in [2.24, 2.45) is 7.05 Å². The summed E-state index contributed by atoms with van der Waals surface area (Å²) in [5.74, 6) is 0.669. The first-order valence-corrected chi connectivity index (χ1v) is 7.23. The van der Waals surface area contributed by atoms with Crippen LogP contribution >= 0.6 is 0 Å². The molecule has 3 atom stereocenters. The van der Waals surface area contributed by atoms with Crippen LogP contribution in [0.2, 0.25) is 0 Å². The summed E-state index contributed by atoms with van der Waals surface area (Å²) in [6.07, 6.45) is 1.54. The molecular weight excluding hydrogens is 282 g/mol. The smallest absolute Gasteiger partial charge is 0.315 e. The number of carbonyl (C=O) groups is 1. The van der Waals surface area contributed by atoms with E-state index in [9.17, 15) is 9.90 Å². The number of nitrogens with one attached hydrogen (secondary N) is 2. The monoisotopic (exact) mass is 301 g/mol. The predicted octanol–water partition coefficient (Wildman–Crippen LogP) is 0.834. The molecule has 3 N–H and O–H groups in total. The van der Waals surface area contributed by atoms with E-state index in [4.69, 9.17) is 0 Å². The quantitative estimate of drug-likeness (QED) is 0.783. The summed E-state index contributed by atoms with van der Waals surface area (Å²) in [5.41, 5.74) is 2.04. The minimum absolute atomic E-state index is 0.277. The van der Waals surface area contributed by atoms with Crippen LogP contribution in [0.3, 0.4) is 0 Å². The fraction of sp³-hybridized carbons (Fsp3) is 0.400. The molecule has 0 saturated carbocycles. The van der Waals surface area contributed by atoms with Crippen LogP contribution < -0.4 is 10.6 Å². The third-order valence-electron chi connectivity index (χ3n) is 3.97. The average molecular weight is 301 g/mol. The van der Waals surface area contributed by atoms with Gasteiger partial charge >= 0.3 is 6.03 Å². The summed E-state index contributed by atoms with van der Waals surface area (Å²) in [5, 5.41) is 23.6. The number of nitrogens with zero attached hydrogens (tertiary/aromatic N) is 3. The Labute approximate surface area is 128 Å². The van der Waals surface area contributed by atoms with Crippen molar-refractivity contribution in [2.75, 3.05) is 0 Å². The van der Waals surface area contributed by atoms with Gasteiger partial charge in [0.1, 0.15) is 6.33 Å². The van der Waals surface area contributed by atoms with Crippen molar-refractivity contribution in [3.05, 3.63) is 47.5 Å². The van der Waals surface area contributed by atoms with Gasteiger partial charge in [-0.3, -0.25) is 0 Å². The molecule has 116 valence electrons. The highest BCUT2D eigenvalue weighted by Gasteiger charge is 2.32. The second-order valence-corrected chi connectivity index (χ2v) is 5.59. The number of aromatic nitrogens is 3. The number of aryl methyl sites for hydroxylation is 1. The zero-order valence-corrected chi connectivity index (χ0v) is 12.5. The summed E-state index contributed by atoms with van der Waals surface area (Å²) < 4.78 is 1.75. The molecular formula is C15H19N5O2. The van der Waals surface area contributed by atoms with Gasteiger partial charge in [0.2, 0.25) is 0 Å². The van der Waals surface area contributed by atoms with Crippen LogP contribution in [0.1, 0.15) is 36.0 Å². The zero-order chi connectivity index (χ0) is 15.7. The number of aliphatic hydroxyl groups is 1. The molecule has 1 aliphatic carbocycles. The maximum Gasteiger partial charge on any atom is 0.315 e. The third kappa shape index (κ3) is 2.67. The largest absolute Gasteiger partial charge is 0.390 e. The Hall–Kier alpha value is -2.41. The molecule has 0 aliphatic heterocycles. The Morgan fingerprint density at radius 3 is 2.95 bits per heavy atom. The van der Waals surface area contributed by atoms with E-state index >= 15 is 0 Å². The summed E-state index contributed by atoms with van der Waals surface area (Å²) in [4.78, 5) is 12.2. The molecule has 1 aromatic heterocycles. The maximum absolute atomic E-state index is 12.2. The Morgan fingerprint density at radius 2 is 2.23 bits per heavy atom. The molecule has 2 amide bonds. The summed E-state index contributed by atoms with van der Waals surface area (Å²) >= 11 is 0. The minimum atomic E-state index is -0.603. The first-order valence-electron chi connectivity index (χ1n) is 7.23. The highest BCUT2D eigenvalue weighted by Crippen LogP contribution is 2.31. The van der Waals surface area contributed by atoms with Gasteiger partial charge in [0.05, 0.1) is 18.2 Å². The van der Waals surface area contributed by atoms with Gasteiger partial charge in [0.25, 0.3) is 0 Å². The first kappa shape index (κ1) is 14.5. The summed E-state index contributed by atoms with van der Waals surface area (Å²) in [6, 6.07) is 6.75. The molecule has 0 radical (unpaired) electrons. The second-order valence-electron chi connectivity index (χ2n) is 5.59. The van der Waals surface area contributed by atoms with E-state index in [0.717, 1.165) is 11.1 Å². The molecule has 1 unspecified atom stereocenters. The molecule has 1 aliphatic rings. The molecule has 7 heteroatoms. The lowest BCUT2D eigenvalue weighted by atomic mass is 10.1. The van der Waals surface area contributed by atoms with Crippen LogP contribution in [0.25, 0.3) is 0 Å². The number of amides is 2. The van der Waals surface area contributed by atoms with Crippen LogP contribution in [-0.4, -0.2) is 32.0 Å². The summed E-state index contributed by atoms with van der Waals surface area (Å²) in [6.45, 7) is 1.84. The van der Waals surface area contributed by atoms with Crippen molar-refractivity contribution in [3.8, 4) is 0 Å². The van der Waals surface area contributed by atoms with Gasteiger partial charge < -0.3 is 20.3 Å². The van der Waals surface area contributed by atoms with E-state index in [0.29, 0.717) is 12.2 Å². The number of urea groups is 1. The summed E-state index contributed by atoms with van der Waals surface area (Å²) in [7, 11) is 1.82. The highest BCUT2D eigenvalue weighted by atomic mass is 16.3. The van der Waals surface area contributed by atoms with Crippen molar-refractivity contribution in [1.82, 2.24) is 25.4 Å². The first-order chi connectivity index (χ1) is 10.6. The lowest BCUT2D eigenvalue weighted by molar-refractivity contribution is 0.142. The Kier molecular flexibility index (Phi) is 3.81. The lowest BCUT2D eigenvalue weighted by Crippen LogP contribution is -2.42. The van der Waals surface area contributed by atoms with Crippen molar-refractivity contribution in [3.63, 3.8) is 0 Å². The van der Waals surface area contributed by atoms with Crippen molar-refractivity contribution in [1.29, 1.82) is 0 Å². The molecule has 0 bridgehead atoms. The number of rotatable bonds is 3. The number of hydrogen-bond donors (Lipinski definition) is 3. The molecule has 3 rings (SSSR count). The van der Waals surface area contributed by atoms with Crippen LogP contribution in [0.5, 0.6) is 0 Å². The molecule has 0 spiro atoms. The molecule has 7 nitrogen and oxygen atoms in total.